The Morgan fingerprint density at radius 1 is 1.26 bits per heavy atom. The van der Waals surface area contributed by atoms with Crippen molar-refractivity contribution in [3.63, 3.8) is 0 Å². The highest BCUT2D eigenvalue weighted by atomic mass is 35.5. The van der Waals surface area contributed by atoms with Gasteiger partial charge in [-0.3, -0.25) is 9.59 Å². The van der Waals surface area contributed by atoms with Gasteiger partial charge in [0.25, 0.3) is 0 Å². The molecule has 6 nitrogen and oxygen atoms in total. The fraction of sp³-hybridized carbons (Fsp3) is 0.438. The molecule has 0 aromatic heterocycles. The summed E-state index contributed by atoms with van der Waals surface area (Å²) in [5, 5.41) is 0.330. The molecule has 1 aliphatic heterocycles. The molecule has 0 N–H and O–H groups in total. The lowest BCUT2D eigenvalue weighted by atomic mass is 10.1. The molecule has 1 atom stereocenters. The van der Waals surface area contributed by atoms with Crippen LogP contribution >= 0.6 is 11.6 Å². The molecule has 1 aromatic rings. The molecular weight excluding hydrogens is 322 g/mol. The minimum absolute atomic E-state index is 0.0683. The Balaban J connectivity index is 2.24. The Labute approximate surface area is 139 Å². The lowest BCUT2D eigenvalue weighted by molar-refractivity contribution is -0.147. The fourth-order valence-corrected chi connectivity index (χ4v) is 2.64. The number of carbonyl (C=O) groups is 3. The van der Waals surface area contributed by atoms with Gasteiger partial charge in [-0.15, -0.1) is 0 Å². The van der Waals surface area contributed by atoms with Gasteiger partial charge in [0.15, 0.2) is 0 Å². The first kappa shape index (κ1) is 17.3. The number of ether oxygens (including phenoxy) is 2. The van der Waals surface area contributed by atoms with Gasteiger partial charge >= 0.3 is 11.9 Å². The number of nitrogens with zero attached hydrogens (tertiary/aromatic N) is 1. The van der Waals surface area contributed by atoms with E-state index >= 15 is 0 Å². The minimum Gasteiger partial charge on any atom is -0.466 e. The second-order valence-electron chi connectivity index (χ2n) is 5.04. The van der Waals surface area contributed by atoms with Gasteiger partial charge in [0.05, 0.1) is 35.4 Å². The van der Waals surface area contributed by atoms with Crippen molar-refractivity contribution in [2.75, 3.05) is 24.7 Å². The van der Waals surface area contributed by atoms with Crippen LogP contribution in [-0.2, 0) is 19.1 Å². The van der Waals surface area contributed by atoms with Crippen LogP contribution in [0.15, 0.2) is 18.2 Å². The summed E-state index contributed by atoms with van der Waals surface area (Å²) in [4.78, 5) is 37.2. The summed E-state index contributed by atoms with van der Waals surface area (Å²) in [6, 6.07) is 4.58. The Morgan fingerprint density at radius 3 is 2.61 bits per heavy atom. The topological polar surface area (TPSA) is 72.9 Å². The van der Waals surface area contributed by atoms with Crippen LogP contribution < -0.4 is 4.90 Å². The van der Waals surface area contributed by atoms with Crippen LogP contribution in [0.4, 0.5) is 5.69 Å². The van der Waals surface area contributed by atoms with E-state index in [-0.39, 0.29) is 32.1 Å². The molecule has 0 spiro atoms. The predicted octanol–water partition coefficient (Wildman–Crippen LogP) is 2.43. The number of amides is 1. The van der Waals surface area contributed by atoms with E-state index in [0.717, 1.165) is 0 Å². The quantitative estimate of drug-likeness (QED) is 0.770. The Morgan fingerprint density at radius 2 is 1.96 bits per heavy atom. The van der Waals surface area contributed by atoms with Crippen LogP contribution in [0.3, 0.4) is 0 Å². The van der Waals surface area contributed by atoms with E-state index in [2.05, 4.69) is 0 Å². The standard InChI is InChI=1S/C16H18ClNO5/c1-3-22-15(20)10-5-6-12(17)13(7-10)18-9-11(8-14(18)19)16(21)23-4-2/h5-7,11H,3-4,8-9H2,1-2H3/t11-/m0/s1. The first-order valence-corrected chi connectivity index (χ1v) is 7.79. The summed E-state index contributed by atoms with van der Waals surface area (Å²) in [6.45, 7) is 4.13. The van der Waals surface area contributed by atoms with Crippen LogP contribution in [0.5, 0.6) is 0 Å². The molecule has 0 unspecified atom stereocenters. The van der Waals surface area contributed by atoms with E-state index < -0.39 is 17.9 Å². The highest BCUT2D eigenvalue weighted by molar-refractivity contribution is 6.34. The largest absolute Gasteiger partial charge is 0.466 e. The van der Waals surface area contributed by atoms with Gasteiger partial charge in [0.1, 0.15) is 0 Å². The van der Waals surface area contributed by atoms with Crippen LogP contribution in [0.25, 0.3) is 0 Å². The summed E-state index contributed by atoms with van der Waals surface area (Å²) in [5.41, 5.74) is 0.702. The SMILES string of the molecule is CCOC(=O)c1ccc(Cl)c(N2C[C@@H](C(=O)OCC)CC2=O)c1. The van der Waals surface area contributed by atoms with Crippen molar-refractivity contribution in [1.29, 1.82) is 0 Å². The van der Waals surface area contributed by atoms with E-state index in [4.69, 9.17) is 21.1 Å². The second-order valence-corrected chi connectivity index (χ2v) is 5.45. The third-order valence-corrected chi connectivity index (χ3v) is 3.81. The Kier molecular flexibility index (Phi) is 5.60. The molecule has 1 aromatic carbocycles. The maximum Gasteiger partial charge on any atom is 0.338 e. The van der Waals surface area contributed by atoms with Crippen LogP contribution in [0.2, 0.25) is 5.02 Å². The number of rotatable bonds is 5. The van der Waals surface area contributed by atoms with Crippen molar-refractivity contribution in [3.8, 4) is 0 Å². The van der Waals surface area contributed by atoms with Crippen molar-refractivity contribution in [2.24, 2.45) is 5.92 Å². The van der Waals surface area contributed by atoms with Crippen LogP contribution in [0.1, 0.15) is 30.6 Å². The number of hydrogen-bond donors (Lipinski definition) is 0. The molecule has 1 aliphatic rings. The number of halogens is 1. The molecule has 0 bridgehead atoms. The second kappa shape index (κ2) is 7.46. The molecule has 1 heterocycles. The highest BCUT2D eigenvalue weighted by Gasteiger charge is 2.37. The van der Waals surface area contributed by atoms with Gasteiger partial charge in [0, 0.05) is 13.0 Å². The van der Waals surface area contributed by atoms with Gasteiger partial charge in [-0.1, -0.05) is 11.6 Å². The van der Waals surface area contributed by atoms with Crippen molar-refractivity contribution in [1.82, 2.24) is 0 Å². The summed E-state index contributed by atoms with van der Waals surface area (Å²) in [5.74, 6) is -1.64. The van der Waals surface area contributed by atoms with Gasteiger partial charge in [-0.2, -0.15) is 0 Å². The zero-order chi connectivity index (χ0) is 17.0. The molecule has 0 radical (unpaired) electrons. The van der Waals surface area contributed by atoms with Gasteiger partial charge in [0.2, 0.25) is 5.91 Å². The molecule has 1 amide bonds. The van der Waals surface area contributed by atoms with Gasteiger partial charge < -0.3 is 14.4 Å². The molecule has 1 saturated heterocycles. The van der Waals surface area contributed by atoms with Crippen LogP contribution in [0, 0.1) is 5.92 Å². The number of benzene rings is 1. The zero-order valence-electron chi connectivity index (χ0n) is 13.0. The van der Waals surface area contributed by atoms with E-state index in [1.807, 2.05) is 0 Å². The average Bonchev–Trinajstić information content (AvgIpc) is 2.90. The monoisotopic (exact) mass is 339 g/mol. The number of hydrogen-bond acceptors (Lipinski definition) is 5. The third-order valence-electron chi connectivity index (χ3n) is 3.49. The van der Waals surface area contributed by atoms with Crippen LogP contribution in [-0.4, -0.2) is 37.6 Å². The lowest BCUT2D eigenvalue weighted by Gasteiger charge is -2.18. The van der Waals surface area contributed by atoms with Crippen molar-refractivity contribution in [3.05, 3.63) is 28.8 Å². The molecule has 23 heavy (non-hydrogen) atoms. The molecular formula is C16H18ClNO5. The molecule has 7 heteroatoms. The Hall–Kier alpha value is -2.08. The molecule has 0 saturated carbocycles. The first-order valence-electron chi connectivity index (χ1n) is 7.41. The van der Waals surface area contributed by atoms with E-state index in [9.17, 15) is 14.4 Å². The summed E-state index contributed by atoms with van der Waals surface area (Å²) in [7, 11) is 0. The maximum absolute atomic E-state index is 12.2. The van der Waals surface area contributed by atoms with E-state index in [1.54, 1.807) is 13.8 Å². The minimum atomic E-state index is -0.523. The summed E-state index contributed by atoms with van der Waals surface area (Å²) < 4.78 is 9.90. The van der Waals surface area contributed by atoms with Crippen molar-refractivity contribution >= 4 is 35.1 Å². The van der Waals surface area contributed by atoms with Gasteiger partial charge in [-0.05, 0) is 32.0 Å². The van der Waals surface area contributed by atoms with Crippen molar-refractivity contribution < 1.29 is 23.9 Å². The lowest BCUT2D eigenvalue weighted by Crippen LogP contribution is -2.27. The smallest absolute Gasteiger partial charge is 0.338 e. The predicted molar refractivity (Wildman–Crippen MR) is 84.5 cm³/mol. The number of esters is 2. The summed E-state index contributed by atoms with van der Waals surface area (Å²) >= 11 is 6.15. The molecule has 1 fully saturated rings. The fourth-order valence-electron chi connectivity index (χ4n) is 2.42. The molecule has 0 aliphatic carbocycles. The summed E-state index contributed by atoms with van der Waals surface area (Å²) in [6.07, 6.45) is 0.0683. The third kappa shape index (κ3) is 3.82. The van der Waals surface area contributed by atoms with Gasteiger partial charge in [-0.25, -0.2) is 4.79 Å². The Bertz CT molecular complexity index is 631. The highest BCUT2D eigenvalue weighted by Crippen LogP contribution is 2.32. The van der Waals surface area contributed by atoms with Crippen molar-refractivity contribution in [2.45, 2.75) is 20.3 Å². The maximum atomic E-state index is 12.2. The number of carbonyl (C=O) groups excluding carboxylic acids is 3. The molecule has 2 rings (SSSR count). The molecule has 124 valence electrons. The van der Waals surface area contributed by atoms with E-state index in [0.29, 0.717) is 16.3 Å². The first-order chi connectivity index (χ1) is 11.0. The zero-order valence-corrected chi connectivity index (χ0v) is 13.8. The normalized spacial score (nSPS) is 17.3. The average molecular weight is 340 g/mol. The number of anilines is 1. The van der Waals surface area contributed by atoms with E-state index in [1.165, 1.54) is 23.1 Å².